The Bertz CT molecular complexity index is 541. The van der Waals surface area contributed by atoms with E-state index in [-0.39, 0.29) is 37.8 Å². The zero-order chi connectivity index (χ0) is 18.7. The molecule has 1 aromatic rings. The lowest BCUT2D eigenvalue weighted by Crippen LogP contribution is -2.38. The maximum atomic E-state index is 12.3. The second-order valence-corrected chi connectivity index (χ2v) is 5.77. The van der Waals surface area contributed by atoms with E-state index in [0.29, 0.717) is 24.1 Å². The summed E-state index contributed by atoms with van der Waals surface area (Å²) < 4.78 is 10.6. The van der Waals surface area contributed by atoms with Crippen LogP contribution in [0.4, 0.5) is 0 Å². The minimum absolute atomic E-state index is 0.0251. The molecule has 8 nitrogen and oxygen atoms in total. The van der Waals surface area contributed by atoms with Gasteiger partial charge in [-0.05, 0) is 38.5 Å². The lowest BCUT2D eigenvalue weighted by Gasteiger charge is -2.18. The lowest BCUT2D eigenvalue weighted by atomic mass is 10.1. The van der Waals surface area contributed by atoms with Crippen LogP contribution in [0, 0.1) is 0 Å². The van der Waals surface area contributed by atoms with Crippen LogP contribution in [0.2, 0.25) is 0 Å². The van der Waals surface area contributed by atoms with Gasteiger partial charge in [-0.15, -0.1) is 0 Å². The van der Waals surface area contributed by atoms with Gasteiger partial charge in [-0.2, -0.15) is 0 Å². The van der Waals surface area contributed by atoms with Crippen molar-refractivity contribution >= 4 is 12.3 Å². The third-order valence-electron chi connectivity index (χ3n) is 3.37. The van der Waals surface area contributed by atoms with Gasteiger partial charge in [-0.1, -0.05) is 6.07 Å². The third-order valence-corrected chi connectivity index (χ3v) is 3.37. The van der Waals surface area contributed by atoms with Crippen LogP contribution in [0.5, 0.6) is 5.75 Å². The molecule has 5 N–H and O–H groups in total. The SMILES string of the molecule is CC(CC(C)NC(=O)c1cccc(OCC(N)OCCO)c1)NC=O. The van der Waals surface area contributed by atoms with Crippen molar-refractivity contribution in [3.63, 3.8) is 0 Å². The molecular weight excluding hydrogens is 326 g/mol. The molecule has 1 rings (SSSR count). The average molecular weight is 353 g/mol. The standard InChI is InChI=1S/C17H27N3O5/c1-12(19-11-22)8-13(2)20-17(23)14-4-3-5-15(9-14)25-10-16(18)24-7-6-21/h3-5,9,11-13,16,21H,6-8,10,18H2,1-2H3,(H,19,22)(H,20,23). The summed E-state index contributed by atoms with van der Waals surface area (Å²) in [4.78, 5) is 22.7. The molecule has 0 fully saturated rings. The van der Waals surface area contributed by atoms with Crippen molar-refractivity contribution in [2.24, 2.45) is 5.73 Å². The number of nitrogens with one attached hydrogen (secondary N) is 2. The Morgan fingerprint density at radius 2 is 2.12 bits per heavy atom. The van der Waals surface area contributed by atoms with Crippen molar-refractivity contribution in [3.8, 4) is 5.75 Å². The van der Waals surface area contributed by atoms with Crippen LogP contribution in [0.3, 0.4) is 0 Å². The lowest BCUT2D eigenvalue weighted by molar-refractivity contribution is -0.110. The Balaban J connectivity index is 2.52. The zero-order valence-electron chi connectivity index (χ0n) is 14.6. The molecule has 3 unspecified atom stereocenters. The summed E-state index contributed by atoms with van der Waals surface area (Å²) in [6.07, 6.45) is 0.615. The van der Waals surface area contributed by atoms with Gasteiger partial charge in [-0.3, -0.25) is 9.59 Å². The quantitative estimate of drug-likeness (QED) is 0.310. The van der Waals surface area contributed by atoms with Crippen LogP contribution < -0.4 is 21.1 Å². The van der Waals surface area contributed by atoms with Gasteiger partial charge in [0.15, 0.2) is 0 Å². The number of aliphatic hydroxyl groups excluding tert-OH is 1. The average Bonchev–Trinajstić information content (AvgIpc) is 2.58. The van der Waals surface area contributed by atoms with E-state index in [1.807, 2.05) is 13.8 Å². The Hall–Kier alpha value is -2.16. The molecular formula is C17H27N3O5. The Labute approximate surface area is 147 Å². The molecule has 0 radical (unpaired) electrons. The van der Waals surface area contributed by atoms with Gasteiger partial charge < -0.3 is 30.9 Å². The van der Waals surface area contributed by atoms with Gasteiger partial charge in [0.2, 0.25) is 6.41 Å². The van der Waals surface area contributed by atoms with Crippen molar-refractivity contribution < 1.29 is 24.2 Å². The van der Waals surface area contributed by atoms with Gasteiger partial charge in [-0.25, -0.2) is 0 Å². The smallest absolute Gasteiger partial charge is 0.251 e. The van der Waals surface area contributed by atoms with Gasteiger partial charge in [0, 0.05) is 17.6 Å². The molecule has 0 aromatic heterocycles. The predicted octanol–water partition coefficient (Wildman–Crippen LogP) is 0.00200. The van der Waals surface area contributed by atoms with Gasteiger partial charge in [0.1, 0.15) is 18.6 Å². The van der Waals surface area contributed by atoms with Crippen LogP contribution >= 0.6 is 0 Å². The number of benzene rings is 1. The first kappa shape index (κ1) is 20.9. The zero-order valence-corrected chi connectivity index (χ0v) is 14.6. The molecule has 0 heterocycles. The first-order valence-corrected chi connectivity index (χ1v) is 8.17. The fraction of sp³-hybridized carbons (Fsp3) is 0.529. The van der Waals surface area contributed by atoms with E-state index < -0.39 is 6.23 Å². The summed E-state index contributed by atoms with van der Waals surface area (Å²) in [5.74, 6) is 0.274. The van der Waals surface area contributed by atoms with Gasteiger partial charge in [0.25, 0.3) is 5.91 Å². The maximum Gasteiger partial charge on any atom is 0.251 e. The van der Waals surface area contributed by atoms with E-state index in [9.17, 15) is 9.59 Å². The number of aliphatic hydroxyl groups is 1. The highest BCUT2D eigenvalue weighted by atomic mass is 16.5. The Morgan fingerprint density at radius 3 is 2.80 bits per heavy atom. The molecule has 0 aliphatic heterocycles. The molecule has 2 amide bonds. The van der Waals surface area contributed by atoms with E-state index in [2.05, 4.69) is 10.6 Å². The molecule has 3 atom stereocenters. The number of carbonyl (C=O) groups excluding carboxylic acids is 2. The van der Waals surface area contributed by atoms with E-state index in [1.54, 1.807) is 24.3 Å². The van der Waals surface area contributed by atoms with Gasteiger partial charge >= 0.3 is 0 Å². The van der Waals surface area contributed by atoms with Crippen LogP contribution in [0.15, 0.2) is 24.3 Å². The van der Waals surface area contributed by atoms with E-state index in [1.165, 1.54) is 0 Å². The molecule has 0 spiro atoms. The number of hydrogen-bond donors (Lipinski definition) is 4. The molecule has 0 aliphatic carbocycles. The summed E-state index contributed by atoms with van der Waals surface area (Å²) in [5, 5.41) is 14.2. The number of amides is 2. The number of carbonyl (C=O) groups is 2. The molecule has 140 valence electrons. The molecule has 0 bridgehead atoms. The van der Waals surface area contributed by atoms with Crippen LogP contribution in [-0.2, 0) is 9.53 Å². The fourth-order valence-corrected chi connectivity index (χ4v) is 2.24. The number of hydrogen-bond acceptors (Lipinski definition) is 6. The van der Waals surface area contributed by atoms with Crippen molar-refractivity contribution in [2.75, 3.05) is 19.8 Å². The van der Waals surface area contributed by atoms with Gasteiger partial charge in [0.05, 0.1) is 13.2 Å². The monoisotopic (exact) mass is 353 g/mol. The maximum absolute atomic E-state index is 12.3. The summed E-state index contributed by atoms with van der Waals surface area (Å²) in [7, 11) is 0. The second-order valence-electron chi connectivity index (χ2n) is 5.77. The normalized spacial score (nSPS) is 14.2. The van der Waals surface area contributed by atoms with E-state index in [4.69, 9.17) is 20.3 Å². The van der Waals surface area contributed by atoms with Crippen molar-refractivity contribution in [2.45, 2.75) is 38.6 Å². The van der Waals surface area contributed by atoms with E-state index >= 15 is 0 Å². The highest BCUT2D eigenvalue weighted by molar-refractivity contribution is 5.94. The topological polar surface area (TPSA) is 123 Å². The highest BCUT2D eigenvalue weighted by Gasteiger charge is 2.13. The molecule has 0 saturated carbocycles. The fourth-order valence-electron chi connectivity index (χ4n) is 2.24. The largest absolute Gasteiger partial charge is 0.489 e. The highest BCUT2D eigenvalue weighted by Crippen LogP contribution is 2.14. The number of ether oxygens (including phenoxy) is 2. The van der Waals surface area contributed by atoms with Crippen molar-refractivity contribution in [1.29, 1.82) is 0 Å². The second kappa shape index (κ2) is 11.4. The Kier molecular flexibility index (Phi) is 9.53. The molecule has 1 aromatic carbocycles. The minimum atomic E-state index is -0.656. The Morgan fingerprint density at radius 1 is 1.36 bits per heavy atom. The summed E-state index contributed by atoms with van der Waals surface area (Å²) >= 11 is 0. The minimum Gasteiger partial charge on any atom is -0.489 e. The summed E-state index contributed by atoms with van der Waals surface area (Å²) in [5.41, 5.74) is 6.14. The van der Waals surface area contributed by atoms with Crippen LogP contribution in [0.25, 0.3) is 0 Å². The first-order valence-electron chi connectivity index (χ1n) is 8.17. The molecule has 0 aliphatic rings. The third kappa shape index (κ3) is 8.48. The molecule has 0 saturated heterocycles. The van der Waals surface area contributed by atoms with Crippen molar-refractivity contribution in [3.05, 3.63) is 29.8 Å². The molecule has 8 heteroatoms. The molecule has 25 heavy (non-hydrogen) atoms. The van der Waals surface area contributed by atoms with Crippen LogP contribution in [0.1, 0.15) is 30.6 Å². The summed E-state index contributed by atoms with van der Waals surface area (Å²) in [6.45, 7) is 3.88. The number of nitrogens with two attached hydrogens (primary N) is 1. The summed E-state index contributed by atoms with van der Waals surface area (Å²) in [6, 6.07) is 6.61. The predicted molar refractivity (Wildman–Crippen MR) is 93.2 cm³/mol. The number of rotatable bonds is 12. The first-order chi connectivity index (χ1) is 12.0. The van der Waals surface area contributed by atoms with Crippen molar-refractivity contribution in [1.82, 2.24) is 10.6 Å². The van der Waals surface area contributed by atoms with Crippen LogP contribution in [-0.4, -0.2) is 55.6 Å². The van der Waals surface area contributed by atoms with E-state index in [0.717, 1.165) is 0 Å².